The van der Waals surface area contributed by atoms with Crippen LogP contribution in [-0.4, -0.2) is 25.0 Å². The molecule has 1 saturated carbocycles. The molecule has 0 spiro atoms. The van der Waals surface area contributed by atoms with Crippen LogP contribution in [-0.2, 0) is 0 Å². The van der Waals surface area contributed by atoms with Gasteiger partial charge in [-0.25, -0.2) is 4.39 Å². The van der Waals surface area contributed by atoms with E-state index in [0.717, 1.165) is 19.0 Å². The third-order valence-corrected chi connectivity index (χ3v) is 4.27. The lowest BCUT2D eigenvalue weighted by Crippen LogP contribution is -2.35. The van der Waals surface area contributed by atoms with E-state index >= 15 is 0 Å². The van der Waals surface area contributed by atoms with Crippen LogP contribution >= 0.6 is 0 Å². The minimum Gasteiger partial charge on any atom is -0.324 e. The highest BCUT2D eigenvalue weighted by Crippen LogP contribution is 2.28. The number of hydrogen-bond acceptors (Lipinski definition) is 2. The fourth-order valence-corrected chi connectivity index (χ4v) is 2.85. The molecule has 2 N–H and O–H groups in total. The van der Waals surface area contributed by atoms with E-state index in [4.69, 9.17) is 5.73 Å². The van der Waals surface area contributed by atoms with Gasteiger partial charge in [-0.05, 0) is 37.8 Å². The Morgan fingerprint density at radius 3 is 2.63 bits per heavy atom. The molecule has 1 aliphatic rings. The summed E-state index contributed by atoms with van der Waals surface area (Å²) in [5.74, 6) is 0.923. The summed E-state index contributed by atoms with van der Waals surface area (Å²) in [5.41, 5.74) is 6.83. The van der Waals surface area contributed by atoms with Gasteiger partial charge in [-0.3, -0.25) is 0 Å². The fourth-order valence-electron chi connectivity index (χ4n) is 2.85. The maximum Gasteiger partial charge on any atom is 0.127 e. The number of nitrogens with zero attached hydrogens (tertiary/aromatic N) is 1. The average molecular weight is 264 g/mol. The van der Waals surface area contributed by atoms with Gasteiger partial charge in [0.1, 0.15) is 5.82 Å². The first-order chi connectivity index (χ1) is 9.08. The SMILES string of the molecule is CC(CN(C)CC1CCC1)C(N)c1ccccc1F. The maximum absolute atomic E-state index is 13.7. The second-order valence-electron chi connectivity index (χ2n) is 6.04. The highest BCUT2D eigenvalue weighted by atomic mass is 19.1. The van der Waals surface area contributed by atoms with Crippen molar-refractivity contribution in [3.63, 3.8) is 0 Å². The number of hydrogen-bond donors (Lipinski definition) is 1. The van der Waals surface area contributed by atoms with E-state index in [-0.39, 0.29) is 17.8 Å². The molecule has 19 heavy (non-hydrogen) atoms. The van der Waals surface area contributed by atoms with Crippen LogP contribution in [0.1, 0.15) is 37.8 Å². The molecular formula is C16H25FN2. The van der Waals surface area contributed by atoms with Crippen molar-refractivity contribution in [1.29, 1.82) is 0 Å². The highest BCUT2D eigenvalue weighted by molar-refractivity contribution is 5.21. The second-order valence-corrected chi connectivity index (χ2v) is 6.04. The van der Waals surface area contributed by atoms with Crippen molar-refractivity contribution in [1.82, 2.24) is 4.90 Å². The summed E-state index contributed by atoms with van der Waals surface area (Å²) >= 11 is 0. The molecule has 1 aromatic carbocycles. The predicted octanol–water partition coefficient (Wildman–Crippen LogP) is 3.19. The fraction of sp³-hybridized carbons (Fsp3) is 0.625. The Bertz CT molecular complexity index is 403. The molecule has 2 unspecified atom stereocenters. The largest absolute Gasteiger partial charge is 0.324 e. The Balaban J connectivity index is 1.87. The third-order valence-electron chi connectivity index (χ3n) is 4.27. The number of halogens is 1. The maximum atomic E-state index is 13.7. The Hall–Kier alpha value is -0.930. The molecular weight excluding hydrogens is 239 g/mol. The van der Waals surface area contributed by atoms with Crippen LogP contribution in [0.3, 0.4) is 0 Å². The first-order valence-electron chi connectivity index (χ1n) is 7.26. The topological polar surface area (TPSA) is 29.3 Å². The Morgan fingerprint density at radius 2 is 2.05 bits per heavy atom. The van der Waals surface area contributed by atoms with E-state index in [1.165, 1.54) is 25.3 Å². The molecule has 0 aliphatic heterocycles. The van der Waals surface area contributed by atoms with Gasteiger partial charge < -0.3 is 10.6 Å². The smallest absolute Gasteiger partial charge is 0.127 e. The molecule has 0 heterocycles. The van der Waals surface area contributed by atoms with E-state index < -0.39 is 0 Å². The van der Waals surface area contributed by atoms with Crippen molar-refractivity contribution >= 4 is 0 Å². The predicted molar refractivity (Wildman–Crippen MR) is 77.3 cm³/mol. The zero-order chi connectivity index (χ0) is 13.8. The Morgan fingerprint density at radius 1 is 1.37 bits per heavy atom. The summed E-state index contributed by atoms with van der Waals surface area (Å²) in [4.78, 5) is 2.34. The lowest BCUT2D eigenvalue weighted by atomic mass is 9.85. The van der Waals surface area contributed by atoms with E-state index in [2.05, 4.69) is 18.9 Å². The first-order valence-corrected chi connectivity index (χ1v) is 7.26. The molecule has 1 aromatic rings. The molecule has 2 rings (SSSR count). The molecule has 2 nitrogen and oxygen atoms in total. The zero-order valence-corrected chi connectivity index (χ0v) is 12.0. The van der Waals surface area contributed by atoms with Gasteiger partial charge in [-0.2, -0.15) is 0 Å². The van der Waals surface area contributed by atoms with Gasteiger partial charge >= 0.3 is 0 Å². The van der Waals surface area contributed by atoms with Crippen molar-refractivity contribution in [2.45, 2.75) is 32.2 Å². The normalized spacial score (nSPS) is 19.2. The van der Waals surface area contributed by atoms with E-state index in [9.17, 15) is 4.39 Å². The molecule has 2 atom stereocenters. The van der Waals surface area contributed by atoms with E-state index in [1.54, 1.807) is 12.1 Å². The molecule has 1 aliphatic carbocycles. The average Bonchev–Trinajstić information content (AvgIpc) is 2.33. The summed E-state index contributed by atoms with van der Waals surface area (Å²) in [6.07, 6.45) is 4.10. The summed E-state index contributed by atoms with van der Waals surface area (Å²) in [5, 5.41) is 0. The molecule has 1 fully saturated rings. The molecule has 0 radical (unpaired) electrons. The minimum atomic E-state index is -0.231. The van der Waals surface area contributed by atoms with Gasteiger partial charge in [0.05, 0.1) is 0 Å². The van der Waals surface area contributed by atoms with Crippen molar-refractivity contribution in [2.24, 2.45) is 17.6 Å². The standard InChI is InChI=1S/C16H25FN2/c1-12(10-19(2)11-13-6-5-7-13)16(18)14-8-3-4-9-15(14)17/h3-4,8-9,12-13,16H,5-7,10-11,18H2,1-2H3. The lowest BCUT2D eigenvalue weighted by Gasteiger charge is -2.32. The van der Waals surface area contributed by atoms with Crippen LogP contribution in [0.2, 0.25) is 0 Å². The van der Waals surface area contributed by atoms with Crippen LogP contribution in [0.25, 0.3) is 0 Å². The first kappa shape index (κ1) is 14.5. The highest BCUT2D eigenvalue weighted by Gasteiger charge is 2.23. The van der Waals surface area contributed by atoms with Crippen LogP contribution in [0.4, 0.5) is 4.39 Å². The summed E-state index contributed by atoms with van der Waals surface area (Å²) in [6.45, 7) is 4.18. The molecule has 0 aromatic heterocycles. The summed E-state index contributed by atoms with van der Waals surface area (Å²) in [7, 11) is 2.14. The third kappa shape index (κ3) is 3.77. The molecule has 0 amide bonds. The van der Waals surface area contributed by atoms with E-state index in [1.807, 2.05) is 6.07 Å². The lowest BCUT2D eigenvalue weighted by molar-refractivity contribution is 0.181. The van der Waals surface area contributed by atoms with Gasteiger partial charge in [-0.1, -0.05) is 31.5 Å². The Kier molecular flexibility index (Phi) is 4.94. The summed E-state index contributed by atoms with van der Waals surface area (Å²) in [6, 6.07) is 6.61. The number of rotatable bonds is 6. The van der Waals surface area contributed by atoms with Gasteiger partial charge in [0.25, 0.3) is 0 Å². The van der Waals surface area contributed by atoms with Gasteiger partial charge in [0.15, 0.2) is 0 Å². The monoisotopic (exact) mass is 264 g/mol. The minimum absolute atomic E-state index is 0.191. The van der Waals surface area contributed by atoms with Gasteiger partial charge in [0, 0.05) is 24.7 Å². The Labute approximate surface area is 115 Å². The van der Waals surface area contributed by atoms with Crippen molar-refractivity contribution < 1.29 is 4.39 Å². The number of benzene rings is 1. The molecule has 3 heteroatoms. The van der Waals surface area contributed by atoms with Crippen molar-refractivity contribution in [2.75, 3.05) is 20.1 Å². The molecule has 0 saturated heterocycles. The van der Waals surface area contributed by atoms with E-state index in [0.29, 0.717) is 5.56 Å². The quantitative estimate of drug-likeness (QED) is 0.855. The van der Waals surface area contributed by atoms with Gasteiger partial charge in [-0.15, -0.1) is 0 Å². The zero-order valence-electron chi connectivity index (χ0n) is 12.0. The van der Waals surface area contributed by atoms with Crippen molar-refractivity contribution in [3.05, 3.63) is 35.6 Å². The summed E-state index contributed by atoms with van der Waals surface area (Å²) < 4.78 is 13.7. The second kappa shape index (κ2) is 6.49. The molecule has 0 bridgehead atoms. The van der Waals surface area contributed by atoms with Gasteiger partial charge in [0.2, 0.25) is 0 Å². The number of nitrogens with two attached hydrogens (primary N) is 1. The van der Waals surface area contributed by atoms with Crippen LogP contribution in [0.5, 0.6) is 0 Å². The van der Waals surface area contributed by atoms with Crippen LogP contribution in [0, 0.1) is 17.7 Å². The molecule has 106 valence electrons. The van der Waals surface area contributed by atoms with Crippen LogP contribution < -0.4 is 5.73 Å². The van der Waals surface area contributed by atoms with Crippen molar-refractivity contribution in [3.8, 4) is 0 Å². The van der Waals surface area contributed by atoms with Crippen LogP contribution in [0.15, 0.2) is 24.3 Å².